The number of hydrogen-bond donors (Lipinski definition) is 3. The summed E-state index contributed by atoms with van der Waals surface area (Å²) in [7, 11) is 0. The molecule has 3 N–H and O–H groups in total. The van der Waals surface area contributed by atoms with Gasteiger partial charge in [-0.05, 0) is 62.1 Å². The van der Waals surface area contributed by atoms with Gasteiger partial charge in [0.1, 0.15) is 0 Å². The molecule has 24 heavy (non-hydrogen) atoms. The van der Waals surface area contributed by atoms with Crippen LogP contribution in [-0.2, 0) is 11.2 Å². The first-order valence-corrected chi connectivity index (χ1v) is 9.12. The van der Waals surface area contributed by atoms with Gasteiger partial charge in [-0.2, -0.15) is 0 Å². The van der Waals surface area contributed by atoms with Crippen molar-refractivity contribution < 1.29 is 9.90 Å². The SMILES string of the molecule is Cc1ccc2[nH]cc(CCC(=O)NC3C4CCC(C4)C3CO)c2c1. The highest BCUT2D eigenvalue weighted by atomic mass is 16.3. The van der Waals surface area contributed by atoms with Crippen LogP contribution in [0.25, 0.3) is 10.9 Å². The Kier molecular flexibility index (Phi) is 4.09. The summed E-state index contributed by atoms with van der Waals surface area (Å²) in [5, 5.41) is 14.1. The van der Waals surface area contributed by atoms with Gasteiger partial charge in [-0.15, -0.1) is 0 Å². The second-order valence-electron chi connectivity index (χ2n) is 7.64. The van der Waals surface area contributed by atoms with Crippen molar-refractivity contribution in [3.8, 4) is 0 Å². The van der Waals surface area contributed by atoms with Crippen LogP contribution in [0.15, 0.2) is 24.4 Å². The third-order valence-electron chi connectivity index (χ3n) is 6.17. The Morgan fingerprint density at radius 3 is 3.00 bits per heavy atom. The second-order valence-corrected chi connectivity index (χ2v) is 7.64. The van der Waals surface area contributed by atoms with Crippen LogP contribution in [0.4, 0.5) is 0 Å². The Hall–Kier alpha value is -1.81. The molecule has 0 saturated heterocycles. The molecule has 1 amide bonds. The average molecular weight is 326 g/mol. The predicted octanol–water partition coefficient (Wildman–Crippen LogP) is 2.93. The van der Waals surface area contributed by atoms with Gasteiger partial charge in [-0.3, -0.25) is 4.79 Å². The normalized spacial score (nSPS) is 28.6. The van der Waals surface area contributed by atoms with E-state index in [1.807, 2.05) is 6.20 Å². The highest BCUT2D eigenvalue weighted by Gasteiger charge is 2.47. The number of benzene rings is 1. The topological polar surface area (TPSA) is 65.1 Å². The van der Waals surface area contributed by atoms with Crippen molar-refractivity contribution in [3.63, 3.8) is 0 Å². The molecule has 2 aliphatic carbocycles. The van der Waals surface area contributed by atoms with Crippen molar-refractivity contribution in [2.45, 2.75) is 45.1 Å². The zero-order chi connectivity index (χ0) is 16.7. The van der Waals surface area contributed by atoms with E-state index in [4.69, 9.17) is 0 Å². The van der Waals surface area contributed by atoms with Crippen LogP contribution in [0, 0.1) is 24.7 Å². The van der Waals surface area contributed by atoms with Crippen molar-refractivity contribution in [1.82, 2.24) is 10.3 Å². The number of H-pyrrole nitrogens is 1. The van der Waals surface area contributed by atoms with Gasteiger partial charge in [0.2, 0.25) is 5.91 Å². The van der Waals surface area contributed by atoms with Crippen LogP contribution >= 0.6 is 0 Å². The lowest BCUT2D eigenvalue weighted by atomic mass is 9.85. The summed E-state index contributed by atoms with van der Waals surface area (Å²) >= 11 is 0. The van der Waals surface area contributed by atoms with E-state index in [2.05, 4.69) is 35.4 Å². The maximum Gasteiger partial charge on any atom is 0.220 e. The molecule has 2 fully saturated rings. The molecule has 0 radical (unpaired) electrons. The number of hydrogen-bond acceptors (Lipinski definition) is 2. The highest BCUT2D eigenvalue weighted by Crippen LogP contribution is 2.48. The van der Waals surface area contributed by atoms with Gasteiger partial charge in [0, 0.05) is 42.1 Å². The first-order chi connectivity index (χ1) is 11.7. The molecule has 4 unspecified atom stereocenters. The van der Waals surface area contributed by atoms with Crippen LogP contribution in [0.3, 0.4) is 0 Å². The number of carbonyl (C=O) groups is 1. The largest absolute Gasteiger partial charge is 0.396 e. The molecule has 128 valence electrons. The van der Waals surface area contributed by atoms with E-state index in [0.29, 0.717) is 18.3 Å². The van der Waals surface area contributed by atoms with Gasteiger partial charge in [0.15, 0.2) is 0 Å². The minimum absolute atomic E-state index is 0.119. The van der Waals surface area contributed by atoms with Crippen molar-refractivity contribution in [1.29, 1.82) is 0 Å². The molecule has 4 rings (SSSR count). The lowest BCUT2D eigenvalue weighted by Gasteiger charge is -2.30. The molecule has 2 saturated carbocycles. The van der Waals surface area contributed by atoms with Crippen molar-refractivity contribution in [2.75, 3.05) is 6.61 Å². The van der Waals surface area contributed by atoms with E-state index in [1.165, 1.54) is 35.8 Å². The molecule has 0 spiro atoms. The first kappa shape index (κ1) is 15.7. The number of aliphatic hydroxyl groups is 1. The van der Waals surface area contributed by atoms with E-state index in [-0.39, 0.29) is 24.5 Å². The van der Waals surface area contributed by atoms with Crippen LogP contribution < -0.4 is 5.32 Å². The summed E-state index contributed by atoms with van der Waals surface area (Å²) in [5.41, 5.74) is 3.57. The quantitative estimate of drug-likeness (QED) is 0.791. The van der Waals surface area contributed by atoms with E-state index >= 15 is 0 Å². The van der Waals surface area contributed by atoms with Gasteiger partial charge in [-0.1, -0.05) is 11.6 Å². The molecule has 2 aliphatic rings. The summed E-state index contributed by atoms with van der Waals surface area (Å²) in [6.45, 7) is 2.29. The Labute approximate surface area is 142 Å². The molecule has 2 aromatic rings. The number of carbonyl (C=O) groups excluding carboxylic acids is 1. The van der Waals surface area contributed by atoms with Gasteiger partial charge >= 0.3 is 0 Å². The first-order valence-electron chi connectivity index (χ1n) is 9.12. The maximum absolute atomic E-state index is 12.4. The summed E-state index contributed by atoms with van der Waals surface area (Å²) in [6, 6.07) is 6.55. The molecular formula is C20H26N2O2. The Morgan fingerprint density at radius 1 is 1.33 bits per heavy atom. The molecule has 4 nitrogen and oxygen atoms in total. The van der Waals surface area contributed by atoms with Gasteiger partial charge in [0.25, 0.3) is 0 Å². The molecule has 4 heteroatoms. The number of rotatable bonds is 5. The number of aromatic amines is 1. The fraction of sp³-hybridized carbons (Fsp3) is 0.550. The standard InChI is InChI=1S/C20H26N2O2/c1-12-2-6-18-16(8-12)15(10-21-18)5-7-19(24)22-20-14-4-3-13(9-14)17(20)11-23/h2,6,8,10,13-14,17,20-21,23H,3-5,7,9,11H2,1H3,(H,22,24). The lowest BCUT2D eigenvalue weighted by Crippen LogP contribution is -2.45. The average Bonchev–Trinajstić information content (AvgIpc) is 3.27. The van der Waals surface area contributed by atoms with E-state index in [0.717, 1.165) is 11.9 Å². The van der Waals surface area contributed by atoms with E-state index in [1.54, 1.807) is 0 Å². The van der Waals surface area contributed by atoms with Crippen molar-refractivity contribution in [3.05, 3.63) is 35.5 Å². The monoisotopic (exact) mass is 326 g/mol. The van der Waals surface area contributed by atoms with Gasteiger partial charge in [0.05, 0.1) is 0 Å². The van der Waals surface area contributed by atoms with Crippen LogP contribution in [0.5, 0.6) is 0 Å². The van der Waals surface area contributed by atoms with Gasteiger partial charge < -0.3 is 15.4 Å². The number of fused-ring (bicyclic) bond motifs is 3. The van der Waals surface area contributed by atoms with Gasteiger partial charge in [-0.25, -0.2) is 0 Å². The number of amides is 1. The Bertz CT molecular complexity index is 751. The highest BCUT2D eigenvalue weighted by molar-refractivity contribution is 5.85. The van der Waals surface area contributed by atoms with Crippen molar-refractivity contribution >= 4 is 16.8 Å². The zero-order valence-corrected chi connectivity index (χ0v) is 14.2. The molecule has 1 aromatic carbocycles. The molecule has 1 heterocycles. The summed E-state index contributed by atoms with van der Waals surface area (Å²) < 4.78 is 0. The lowest BCUT2D eigenvalue weighted by molar-refractivity contribution is -0.122. The molecule has 2 bridgehead atoms. The second kappa shape index (κ2) is 6.25. The fourth-order valence-corrected chi connectivity index (χ4v) is 4.90. The minimum atomic E-state index is 0.119. The number of aryl methyl sites for hydroxylation is 2. The molecule has 1 aromatic heterocycles. The Morgan fingerprint density at radius 2 is 2.17 bits per heavy atom. The maximum atomic E-state index is 12.4. The number of aliphatic hydroxyl groups excluding tert-OH is 1. The summed E-state index contributed by atoms with van der Waals surface area (Å²) in [6.07, 6.45) is 6.88. The number of aromatic nitrogens is 1. The molecular weight excluding hydrogens is 300 g/mol. The number of nitrogens with one attached hydrogen (secondary N) is 2. The molecule has 0 aliphatic heterocycles. The van der Waals surface area contributed by atoms with Crippen molar-refractivity contribution in [2.24, 2.45) is 17.8 Å². The fourth-order valence-electron chi connectivity index (χ4n) is 4.90. The summed E-state index contributed by atoms with van der Waals surface area (Å²) in [5.74, 6) is 1.57. The van der Waals surface area contributed by atoms with Crippen LogP contribution in [0.2, 0.25) is 0 Å². The minimum Gasteiger partial charge on any atom is -0.396 e. The third-order valence-corrected chi connectivity index (χ3v) is 6.17. The molecule has 4 atom stereocenters. The Balaban J connectivity index is 1.39. The zero-order valence-electron chi connectivity index (χ0n) is 14.2. The van der Waals surface area contributed by atoms with E-state index in [9.17, 15) is 9.90 Å². The summed E-state index contributed by atoms with van der Waals surface area (Å²) in [4.78, 5) is 15.7. The smallest absolute Gasteiger partial charge is 0.220 e. The van der Waals surface area contributed by atoms with Crippen LogP contribution in [0.1, 0.15) is 36.8 Å². The van der Waals surface area contributed by atoms with E-state index < -0.39 is 0 Å². The van der Waals surface area contributed by atoms with Crippen LogP contribution in [-0.4, -0.2) is 28.6 Å². The predicted molar refractivity (Wildman–Crippen MR) is 94.7 cm³/mol. The third kappa shape index (κ3) is 2.73.